The molecule has 0 bridgehead atoms. The van der Waals surface area contributed by atoms with Crippen LogP contribution in [-0.4, -0.2) is 82.6 Å². The summed E-state index contributed by atoms with van der Waals surface area (Å²) in [6, 6.07) is 0. The van der Waals surface area contributed by atoms with Crippen molar-refractivity contribution in [1.82, 2.24) is 0 Å². The molecular weight excluding hydrogens is 276 g/mol. The first-order valence-corrected chi connectivity index (χ1v) is 2.96. The molecule has 0 heterocycles. The van der Waals surface area contributed by atoms with E-state index in [0.29, 0.717) is 16.2 Å². The Morgan fingerprint density at radius 2 is 1.25 bits per heavy atom. The Labute approximate surface area is 98.1 Å². The summed E-state index contributed by atoms with van der Waals surface area (Å²) in [5.74, 6) is 0. The average Bonchev–Trinajstić information content (AvgIpc) is 1.36. The predicted octanol–water partition coefficient (Wildman–Crippen LogP) is -1.58. The van der Waals surface area contributed by atoms with Gasteiger partial charge in [-0.15, -0.1) is 0 Å². The Hall–Kier alpha value is 1.77. The molecular formula is H5AlBaO5S. The van der Waals surface area contributed by atoms with Crippen molar-refractivity contribution in [3.63, 3.8) is 0 Å². The minimum atomic E-state index is -4.67. The van der Waals surface area contributed by atoms with E-state index in [0.717, 1.165) is 0 Å². The molecule has 46 valence electrons. The van der Waals surface area contributed by atoms with Crippen LogP contribution in [0.1, 0.15) is 2.85 Å². The van der Waals surface area contributed by atoms with Crippen molar-refractivity contribution in [2.24, 2.45) is 0 Å². The molecule has 0 aliphatic carbocycles. The van der Waals surface area contributed by atoms with Gasteiger partial charge in [0.05, 0.1) is 0 Å². The van der Waals surface area contributed by atoms with E-state index in [1.807, 2.05) is 0 Å². The van der Waals surface area contributed by atoms with Crippen LogP contribution in [0.4, 0.5) is 0 Å². The number of hydrogen-bond donors (Lipinski definition) is 2. The van der Waals surface area contributed by atoms with Crippen LogP contribution < -0.4 is 0 Å². The van der Waals surface area contributed by atoms with E-state index in [2.05, 4.69) is 0 Å². The van der Waals surface area contributed by atoms with Gasteiger partial charge in [0.15, 0.2) is 0 Å². The molecule has 8 heavy (non-hydrogen) atoms. The zero-order chi connectivity index (χ0) is 6.50. The fraction of sp³-hybridized carbons (Fsp3) is 0. The van der Waals surface area contributed by atoms with Gasteiger partial charge >= 0.3 is 79.3 Å². The van der Waals surface area contributed by atoms with Gasteiger partial charge in [-0.25, -0.2) is 0 Å². The Balaban J connectivity index is -0.0000000154. The van der Waals surface area contributed by atoms with E-state index in [9.17, 15) is 0 Å². The Bertz CT molecular complexity index is 114. The summed E-state index contributed by atoms with van der Waals surface area (Å²) >= 11 is 0.611. The van der Waals surface area contributed by atoms with Crippen molar-refractivity contribution in [3.8, 4) is 0 Å². The third-order valence-electron chi connectivity index (χ3n) is 0. The molecule has 0 aromatic rings. The molecule has 0 unspecified atom stereocenters. The van der Waals surface area contributed by atoms with Crippen molar-refractivity contribution in [2.75, 3.05) is 0 Å². The molecule has 0 aliphatic rings. The second-order valence-electron chi connectivity index (χ2n) is 0.448. The van der Waals surface area contributed by atoms with Gasteiger partial charge in [-0.1, -0.05) is 0 Å². The fourth-order valence-corrected chi connectivity index (χ4v) is 0. The van der Waals surface area contributed by atoms with Crippen molar-refractivity contribution >= 4 is 75.5 Å². The van der Waals surface area contributed by atoms with E-state index in [-0.39, 0.29) is 51.7 Å². The molecule has 0 aliphatic heterocycles. The molecule has 8 heteroatoms. The monoisotopic (exact) mass is 282 g/mol. The Morgan fingerprint density at radius 3 is 1.25 bits per heavy atom. The summed E-state index contributed by atoms with van der Waals surface area (Å²) < 4.78 is 39.9. The molecule has 0 spiro atoms. The summed E-state index contributed by atoms with van der Waals surface area (Å²) in [7, 11) is -4.67. The van der Waals surface area contributed by atoms with E-state index >= 15 is 0 Å². The molecule has 5 nitrogen and oxygen atoms in total. The van der Waals surface area contributed by atoms with Crippen LogP contribution in [0.3, 0.4) is 0 Å². The summed E-state index contributed by atoms with van der Waals surface area (Å²) in [6.45, 7) is 0. The van der Waals surface area contributed by atoms with Gasteiger partial charge in [0.2, 0.25) is 0 Å². The summed E-state index contributed by atoms with van der Waals surface area (Å²) in [5, 5.41) is 0. The van der Waals surface area contributed by atoms with Gasteiger partial charge < -0.3 is 2.85 Å². The number of hydrogen-bond acceptors (Lipinski definition) is 3. The average molecular weight is 281 g/mol. The predicted molar refractivity (Wildman–Crippen MR) is 30.0 cm³/mol. The molecule has 0 aromatic heterocycles. The normalized spacial score (nSPS) is 7.62. The maximum atomic E-state index is 8.74. The summed E-state index contributed by atoms with van der Waals surface area (Å²) in [6.07, 6.45) is 0. The molecule has 0 saturated heterocycles. The fourth-order valence-electron chi connectivity index (χ4n) is 0. The minimum absolute atomic E-state index is 0. The van der Waals surface area contributed by atoms with Crippen molar-refractivity contribution in [3.05, 3.63) is 0 Å². The van der Waals surface area contributed by atoms with Crippen LogP contribution in [0, 0.1) is 0 Å². The summed E-state index contributed by atoms with van der Waals surface area (Å²) in [5.41, 5.74) is 0. The molecule has 0 atom stereocenters. The third-order valence-corrected chi connectivity index (χ3v) is 0. The standard InChI is InChI=1S/Al.Ba.H2O4S.O.3H/c;;1-5(2,3)4;;;;/h;;(H2,1,2,3,4);;;;/q;+2;;;;2*-1. The van der Waals surface area contributed by atoms with Crippen LogP contribution >= 0.6 is 0 Å². The maximum absolute atomic E-state index is 8.74. The Morgan fingerprint density at radius 1 is 1.25 bits per heavy atom. The molecule has 0 rings (SSSR count). The molecule has 0 amide bonds. The first kappa shape index (κ1) is 16.4. The van der Waals surface area contributed by atoms with E-state index in [1.54, 1.807) is 0 Å². The van der Waals surface area contributed by atoms with Gasteiger partial charge in [0.25, 0.3) is 0 Å². The quantitative estimate of drug-likeness (QED) is 0.413. The molecule has 2 N–H and O–H groups in total. The van der Waals surface area contributed by atoms with E-state index in [1.165, 1.54) is 0 Å². The topological polar surface area (TPSA) is 91.7 Å². The summed E-state index contributed by atoms with van der Waals surface area (Å²) in [4.78, 5) is 0. The van der Waals surface area contributed by atoms with Gasteiger partial charge in [-0.2, -0.15) is 8.42 Å². The van der Waals surface area contributed by atoms with E-state index < -0.39 is 10.4 Å². The van der Waals surface area contributed by atoms with Crippen LogP contribution in [0.2, 0.25) is 0 Å². The van der Waals surface area contributed by atoms with Crippen LogP contribution in [0.5, 0.6) is 0 Å². The van der Waals surface area contributed by atoms with Gasteiger partial charge in [0.1, 0.15) is 0 Å². The molecule has 0 saturated carbocycles. The van der Waals surface area contributed by atoms with Crippen LogP contribution in [0.25, 0.3) is 0 Å². The zero-order valence-corrected chi connectivity index (χ0v) is 10.6. The first-order chi connectivity index (χ1) is 3.00. The zero-order valence-electron chi connectivity index (χ0n) is 5.94. The first-order valence-electron chi connectivity index (χ1n) is 0.987. The van der Waals surface area contributed by atoms with Crippen molar-refractivity contribution in [2.45, 2.75) is 0 Å². The second kappa shape index (κ2) is 8.77. The third kappa shape index (κ3) is 113. The van der Waals surface area contributed by atoms with Gasteiger partial charge in [0, 0.05) is 0 Å². The van der Waals surface area contributed by atoms with E-state index in [4.69, 9.17) is 21.3 Å². The Kier molecular flexibility index (Phi) is 18.0. The molecule has 0 radical (unpaired) electrons. The number of rotatable bonds is 0. The molecule has 0 fully saturated rings. The van der Waals surface area contributed by atoms with Crippen LogP contribution in [-0.2, 0) is 14.2 Å². The van der Waals surface area contributed by atoms with Gasteiger partial charge in [-0.3, -0.25) is 9.11 Å². The van der Waals surface area contributed by atoms with Crippen molar-refractivity contribution in [1.29, 1.82) is 0 Å². The SMILES string of the molecule is O=S(=O)(O)O.[Ba+2].[H-].[H-].[O]=[AlH]. The second-order valence-corrected chi connectivity index (χ2v) is 1.34. The molecule has 0 aromatic carbocycles. The van der Waals surface area contributed by atoms with Crippen LogP contribution in [0.15, 0.2) is 0 Å². The van der Waals surface area contributed by atoms with Gasteiger partial charge in [-0.05, 0) is 0 Å². The van der Waals surface area contributed by atoms with Crippen molar-refractivity contribution < 1.29 is 24.2 Å².